The molecule has 1 aromatic carbocycles. The monoisotopic (exact) mass is 261 g/mol. The summed E-state index contributed by atoms with van der Waals surface area (Å²) in [6, 6.07) is 7.79. The predicted octanol–water partition coefficient (Wildman–Crippen LogP) is 2.96. The standard InChI is InChI=1S/C16H23NO2/c1-5-10-17-16(4,15(18)19)14-8-6-13(7-9-14)11-12(2)3/h5-9,12,17H,1,10-11H2,2-4H3,(H,18,19). The van der Waals surface area contributed by atoms with Crippen LogP contribution in [0, 0.1) is 5.92 Å². The van der Waals surface area contributed by atoms with Crippen molar-refractivity contribution >= 4 is 5.97 Å². The molecule has 0 aliphatic carbocycles. The Bertz CT molecular complexity index is 437. The normalized spacial score (nSPS) is 14.1. The maximum atomic E-state index is 11.5. The summed E-state index contributed by atoms with van der Waals surface area (Å²) in [7, 11) is 0. The van der Waals surface area contributed by atoms with Gasteiger partial charge in [0.25, 0.3) is 0 Å². The van der Waals surface area contributed by atoms with Gasteiger partial charge >= 0.3 is 5.97 Å². The minimum absolute atomic E-state index is 0.455. The molecule has 3 nitrogen and oxygen atoms in total. The number of carboxylic acid groups (broad SMARTS) is 1. The molecule has 0 saturated carbocycles. The third kappa shape index (κ3) is 3.93. The van der Waals surface area contributed by atoms with Crippen molar-refractivity contribution in [2.24, 2.45) is 5.92 Å². The number of carbonyl (C=O) groups is 1. The van der Waals surface area contributed by atoms with Gasteiger partial charge in [-0.05, 0) is 30.4 Å². The highest BCUT2D eigenvalue weighted by Crippen LogP contribution is 2.22. The average Bonchev–Trinajstić information content (AvgIpc) is 2.35. The molecule has 0 fully saturated rings. The quantitative estimate of drug-likeness (QED) is 0.742. The lowest BCUT2D eigenvalue weighted by atomic mass is 9.90. The van der Waals surface area contributed by atoms with Crippen LogP contribution in [-0.4, -0.2) is 17.6 Å². The van der Waals surface area contributed by atoms with E-state index in [9.17, 15) is 9.90 Å². The Morgan fingerprint density at radius 2 is 2.00 bits per heavy atom. The van der Waals surface area contributed by atoms with Gasteiger partial charge in [0.2, 0.25) is 0 Å². The fourth-order valence-electron chi connectivity index (χ4n) is 2.02. The molecule has 1 rings (SSSR count). The van der Waals surface area contributed by atoms with Gasteiger partial charge < -0.3 is 5.11 Å². The molecule has 0 aliphatic rings. The van der Waals surface area contributed by atoms with Crippen LogP contribution in [0.3, 0.4) is 0 Å². The van der Waals surface area contributed by atoms with Crippen molar-refractivity contribution in [2.75, 3.05) is 6.54 Å². The summed E-state index contributed by atoms with van der Waals surface area (Å²) in [5, 5.41) is 12.4. The van der Waals surface area contributed by atoms with Crippen LogP contribution in [0.5, 0.6) is 0 Å². The molecule has 1 aromatic rings. The molecule has 0 aliphatic heterocycles. The summed E-state index contributed by atoms with van der Waals surface area (Å²) in [5.74, 6) is -0.290. The van der Waals surface area contributed by atoms with E-state index in [1.54, 1.807) is 13.0 Å². The van der Waals surface area contributed by atoms with E-state index in [2.05, 4.69) is 25.7 Å². The smallest absolute Gasteiger partial charge is 0.328 e. The Morgan fingerprint density at radius 3 is 2.42 bits per heavy atom. The summed E-state index contributed by atoms with van der Waals surface area (Å²) in [6.07, 6.45) is 2.67. The number of hydrogen-bond donors (Lipinski definition) is 2. The van der Waals surface area contributed by atoms with Crippen molar-refractivity contribution in [3.8, 4) is 0 Å². The van der Waals surface area contributed by atoms with Crippen molar-refractivity contribution < 1.29 is 9.90 Å². The van der Waals surface area contributed by atoms with Crippen LogP contribution in [0.2, 0.25) is 0 Å². The summed E-state index contributed by atoms with van der Waals surface area (Å²) < 4.78 is 0. The van der Waals surface area contributed by atoms with Crippen LogP contribution >= 0.6 is 0 Å². The van der Waals surface area contributed by atoms with Crippen LogP contribution in [0.25, 0.3) is 0 Å². The first-order chi connectivity index (χ1) is 8.90. The average molecular weight is 261 g/mol. The second-order valence-electron chi connectivity index (χ2n) is 5.39. The van der Waals surface area contributed by atoms with Gasteiger partial charge in [0.05, 0.1) is 0 Å². The number of hydrogen-bond acceptors (Lipinski definition) is 2. The van der Waals surface area contributed by atoms with E-state index < -0.39 is 11.5 Å². The first kappa shape index (κ1) is 15.4. The SMILES string of the molecule is C=CCNC(C)(C(=O)O)c1ccc(CC(C)C)cc1. The van der Waals surface area contributed by atoms with Crippen LogP contribution in [0.1, 0.15) is 31.9 Å². The molecule has 0 aromatic heterocycles. The summed E-state index contributed by atoms with van der Waals surface area (Å²) in [4.78, 5) is 11.5. The highest BCUT2D eigenvalue weighted by atomic mass is 16.4. The van der Waals surface area contributed by atoms with E-state index in [0.717, 1.165) is 12.0 Å². The topological polar surface area (TPSA) is 49.3 Å². The van der Waals surface area contributed by atoms with Crippen molar-refractivity contribution in [3.63, 3.8) is 0 Å². The maximum absolute atomic E-state index is 11.5. The van der Waals surface area contributed by atoms with E-state index in [1.807, 2.05) is 24.3 Å². The zero-order valence-electron chi connectivity index (χ0n) is 11.9. The van der Waals surface area contributed by atoms with E-state index in [0.29, 0.717) is 12.5 Å². The molecule has 2 N–H and O–H groups in total. The van der Waals surface area contributed by atoms with Gasteiger partial charge in [0, 0.05) is 6.54 Å². The molecule has 0 heterocycles. The lowest BCUT2D eigenvalue weighted by Crippen LogP contribution is -2.46. The predicted molar refractivity (Wildman–Crippen MR) is 78.2 cm³/mol. The Labute approximate surface area is 115 Å². The summed E-state index contributed by atoms with van der Waals surface area (Å²) >= 11 is 0. The molecule has 19 heavy (non-hydrogen) atoms. The van der Waals surface area contributed by atoms with Crippen LogP contribution < -0.4 is 5.32 Å². The van der Waals surface area contributed by atoms with Gasteiger partial charge in [0.15, 0.2) is 0 Å². The van der Waals surface area contributed by atoms with E-state index in [4.69, 9.17) is 0 Å². The first-order valence-corrected chi connectivity index (χ1v) is 6.59. The third-order valence-corrected chi connectivity index (χ3v) is 3.20. The molecule has 1 atom stereocenters. The van der Waals surface area contributed by atoms with Gasteiger partial charge in [-0.25, -0.2) is 4.79 Å². The largest absolute Gasteiger partial charge is 0.480 e. The highest BCUT2D eigenvalue weighted by molar-refractivity contribution is 5.80. The third-order valence-electron chi connectivity index (χ3n) is 3.20. The number of carboxylic acids is 1. The molecule has 0 bridgehead atoms. The first-order valence-electron chi connectivity index (χ1n) is 6.59. The van der Waals surface area contributed by atoms with Crippen LogP contribution in [0.4, 0.5) is 0 Å². The molecule has 0 amide bonds. The molecular formula is C16H23NO2. The van der Waals surface area contributed by atoms with Crippen molar-refractivity contribution in [3.05, 3.63) is 48.0 Å². The van der Waals surface area contributed by atoms with Gasteiger partial charge in [-0.3, -0.25) is 5.32 Å². The van der Waals surface area contributed by atoms with Crippen molar-refractivity contribution in [1.82, 2.24) is 5.32 Å². The molecule has 1 unspecified atom stereocenters. The van der Waals surface area contributed by atoms with Crippen molar-refractivity contribution in [1.29, 1.82) is 0 Å². The Balaban J connectivity index is 2.97. The Kier molecular flexibility index (Phi) is 5.31. The summed E-state index contributed by atoms with van der Waals surface area (Å²) in [6.45, 7) is 10.1. The number of rotatable bonds is 7. The van der Waals surface area contributed by atoms with Crippen LogP contribution in [0.15, 0.2) is 36.9 Å². The Morgan fingerprint density at radius 1 is 1.42 bits per heavy atom. The van der Waals surface area contributed by atoms with E-state index in [1.165, 1.54) is 5.56 Å². The fraction of sp³-hybridized carbons (Fsp3) is 0.438. The van der Waals surface area contributed by atoms with Gasteiger partial charge in [0.1, 0.15) is 5.54 Å². The van der Waals surface area contributed by atoms with Crippen LogP contribution in [-0.2, 0) is 16.8 Å². The zero-order chi connectivity index (χ0) is 14.5. The molecule has 0 spiro atoms. The maximum Gasteiger partial charge on any atom is 0.328 e. The molecule has 3 heteroatoms. The molecular weight excluding hydrogens is 238 g/mol. The molecule has 0 radical (unpaired) electrons. The summed E-state index contributed by atoms with van der Waals surface area (Å²) in [5.41, 5.74) is 0.912. The van der Waals surface area contributed by atoms with Gasteiger partial charge in [-0.2, -0.15) is 0 Å². The van der Waals surface area contributed by atoms with Gasteiger partial charge in [-0.15, -0.1) is 6.58 Å². The van der Waals surface area contributed by atoms with E-state index in [-0.39, 0.29) is 0 Å². The fourth-order valence-corrected chi connectivity index (χ4v) is 2.02. The highest BCUT2D eigenvalue weighted by Gasteiger charge is 2.34. The Hall–Kier alpha value is -1.61. The molecule has 0 saturated heterocycles. The lowest BCUT2D eigenvalue weighted by Gasteiger charge is -2.26. The van der Waals surface area contributed by atoms with E-state index >= 15 is 0 Å². The number of benzene rings is 1. The minimum atomic E-state index is -1.08. The second kappa shape index (κ2) is 6.53. The zero-order valence-corrected chi connectivity index (χ0v) is 11.9. The molecule has 104 valence electrons. The number of aliphatic carboxylic acids is 1. The van der Waals surface area contributed by atoms with Crippen molar-refractivity contribution in [2.45, 2.75) is 32.7 Å². The lowest BCUT2D eigenvalue weighted by molar-refractivity contribution is -0.144. The second-order valence-corrected chi connectivity index (χ2v) is 5.39. The minimum Gasteiger partial charge on any atom is -0.480 e. The number of nitrogens with one attached hydrogen (secondary N) is 1. The van der Waals surface area contributed by atoms with Gasteiger partial charge in [-0.1, -0.05) is 44.2 Å².